The third-order valence-corrected chi connectivity index (χ3v) is 6.01. The van der Waals surface area contributed by atoms with E-state index in [1.807, 2.05) is 60.3 Å². The number of fused-ring (bicyclic) bond motifs is 2. The largest absolute Gasteiger partial charge is 0.378 e. The van der Waals surface area contributed by atoms with E-state index in [2.05, 4.69) is 43.3 Å². The van der Waals surface area contributed by atoms with Crippen molar-refractivity contribution in [2.75, 3.05) is 36.6 Å². The van der Waals surface area contributed by atoms with Crippen molar-refractivity contribution in [1.29, 1.82) is 0 Å². The molecule has 1 aliphatic heterocycles. The van der Waals surface area contributed by atoms with Crippen molar-refractivity contribution in [3.63, 3.8) is 0 Å². The number of hydrogen-bond acceptors (Lipinski definition) is 7. The third-order valence-electron chi connectivity index (χ3n) is 6.01. The Bertz CT molecular complexity index is 1480. The van der Waals surface area contributed by atoms with Gasteiger partial charge in [0.2, 0.25) is 5.95 Å². The first-order chi connectivity index (χ1) is 16.8. The van der Waals surface area contributed by atoms with Gasteiger partial charge in [0, 0.05) is 48.5 Å². The van der Waals surface area contributed by atoms with Gasteiger partial charge in [-0.2, -0.15) is 15.1 Å². The van der Waals surface area contributed by atoms with Crippen LogP contribution in [0.2, 0.25) is 0 Å². The van der Waals surface area contributed by atoms with Crippen molar-refractivity contribution in [3.8, 4) is 5.69 Å². The summed E-state index contributed by atoms with van der Waals surface area (Å²) in [5.41, 5.74) is 7.69. The fraction of sp³-hybridized carbons (Fsp3) is 0.200. The number of hydrazone groups is 1. The molecular formula is C25H24N8O. The van der Waals surface area contributed by atoms with Crippen LogP contribution in [0.25, 0.3) is 27.8 Å². The first kappa shape index (κ1) is 20.4. The zero-order valence-electron chi connectivity index (χ0n) is 18.8. The van der Waals surface area contributed by atoms with Crippen LogP contribution in [-0.4, -0.2) is 56.6 Å². The van der Waals surface area contributed by atoms with Gasteiger partial charge in [0.05, 0.1) is 19.4 Å². The lowest BCUT2D eigenvalue weighted by Crippen LogP contribution is -2.37. The Morgan fingerprint density at radius 3 is 2.65 bits per heavy atom. The molecule has 1 N–H and O–H groups in total. The predicted molar refractivity (Wildman–Crippen MR) is 134 cm³/mol. The molecule has 1 fully saturated rings. The van der Waals surface area contributed by atoms with E-state index in [0.29, 0.717) is 30.5 Å². The molecule has 34 heavy (non-hydrogen) atoms. The van der Waals surface area contributed by atoms with Gasteiger partial charge in [0.1, 0.15) is 6.33 Å². The third kappa shape index (κ3) is 3.65. The summed E-state index contributed by atoms with van der Waals surface area (Å²) >= 11 is 0. The Morgan fingerprint density at radius 2 is 1.79 bits per heavy atom. The Morgan fingerprint density at radius 1 is 1.00 bits per heavy atom. The number of ether oxygens (including phenoxy) is 1. The molecule has 2 aromatic carbocycles. The van der Waals surface area contributed by atoms with Crippen LogP contribution in [0, 0.1) is 0 Å². The number of aryl methyl sites for hydroxylation is 1. The van der Waals surface area contributed by atoms with Gasteiger partial charge in [-0.3, -0.25) is 9.99 Å². The Kier molecular flexibility index (Phi) is 5.15. The fourth-order valence-corrected chi connectivity index (χ4v) is 4.29. The molecule has 0 atom stereocenters. The summed E-state index contributed by atoms with van der Waals surface area (Å²) in [7, 11) is 2.03. The zero-order chi connectivity index (χ0) is 22.9. The molecule has 0 radical (unpaired) electrons. The highest BCUT2D eigenvalue weighted by Crippen LogP contribution is 2.26. The molecule has 5 aromatic rings. The maximum Gasteiger partial charge on any atom is 0.229 e. The number of para-hydroxylation sites is 2. The van der Waals surface area contributed by atoms with Gasteiger partial charge in [-0.25, -0.2) is 4.98 Å². The number of benzene rings is 2. The minimum atomic E-state index is 0.567. The molecule has 0 aliphatic carbocycles. The standard InChI is InChI=1S/C25H24N8O/c1-31-16-18(20-9-5-6-10-21(20)31)15-27-30-23-22-24(29-25(28-23)32-11-13-34-14-12-32)33(17-26-22)19-7-3-2-4-8-19/h2-10,15-17H,11-14H2,1H3,(H,28,29,30)/b27-15+. The molecule has 9 heteroatoms. The van der Waals surface area contributed by atoms with Crippen LogP contribution < -0.4 is 10.3 Å². The molecule has 4 heterocycles. The average molecular weight is 453 g/mol. The van der Waals surface area contributed by atoms with E-state index >= 15 is 0 Å². The van der Waals surface area contributed by atoms with Crippen LogP contribution in [0.4, 0.5) is 11.8 Å². The predicted octanol–water partition coefficient (Wildman–Crippen LogP) is 3.59. The lowest BCUT2D eigenvalue weighted by molar-refractivity contribution is 0.122. The van der Waals surface area contributed by atoms with Crippen molar-refractivity contribution < 1.29 is 4.74 Å². The van der Waals surface area contributed by atoms with Crippen LogP contribution in [0.15, 0.2) is 72.2 Å². The minimum absolute atomic E-state index is 0.567. The quantitative estimate of drug-likeness (QED) is 0.324. The Balaban J connectivity index is 1.40. The van der Waals surface area contributed by atoms with E-state index in [1.54, 1.807) is 6.33 Å². The average Bonchev–Trinajstić information content (AvgIpc) is 3.46. The number of hydrogen-bond donors (Lipinski definition) is 1. The first-order valence-electron chi connectivity index (χ1n) is 11.2. The Hall–Kier alpha value is -4.24. The molecule has 9 nitrogen and oxygen atoms in total. The van der Waals surface area contributed by atoms with Gasteiger partial charge in [-0.05, 0) is 18.2 Å². The van der Waals surface area contributed by atoms with Gasteiger partial charge < -0.3 is 14.2 Å². The van der Waals surface area contributed by atoms with Crippen LogP contribution in [0.5, 0.6) is 0 Å². The number of nitrogens with one attached hydrogen (secondary N) is 1. The van der Waals surface area contributed by atoms with Gasteiger partial charge in [0.15, 0.2) is 17.0 Å². The van der Waals surface area contributed by atoms with Crippen LogP contribution in [0.3, 0.4) is 0 Å². The molecule has 6 rings (SSSR count). The molecule has 0 bridgehead atoms. The topological polar surface area (TPSA) is 85.4 Å². The lowest BCUT2D eigenvalue weighted by Gasteiger charge is -2.27. The van der Waals surface area contributed by atoms with Crippen LogP contribution >= 0.6 is 0 Å². The van der Waals surface area contributed by atoms with E-state index in [-0.39, 0.29) is 0 Å². The molecule has 1 saturated heterocycles. The van der Waals surface area contributed by atoms with E-state index in [4.69, 9.17) is 14.7 Å². The Labute approximate surface area is 196 Å². The second-order valence-electron chi connectivity index (χ2n) is 8.18. The van der Waals surface area contributed by atoms with E-state index < -0.39 is 0 Å². The van der Waals surface area contributed by atoms with Crippen LogP contribution in [-0.2, 0) is 11.8 Å². The number of aromatic nitrogens is 5. The summed E-state index contributed by atoms with van der Waals surface area (Å²) < 4.78 is 9.58. The summed E-state index contributed by atoms with van der Waals surface area (Å²) in [4.78, 5) is 16.4. The van der Waals surface area contributed by atoms with Gasteiger partial charge in [0.25, 0.3) is 0 Å². The molecule has 170 valence electrons. The molecule has 0 saturated carbocycles. The highest BCUT2D eigenvalue weighted by atomic mass is 16.5. The fourth-order valence-electron chi connectivity index (χ4n) is 4.29. The highest BCUT2D eigenvalue weighted by Gasteiger charge is 2.19. The normalized spacial score (nSPS) is 14.4. The monoisotopic (exact) mass is 452 g/mol. The van der Waals surface area contributed by atoms with Crippen LogP contribution in [0.1, 0.15) is 5.56 Å². The van der Waals surface area contributed by atoms with E-state index in [0.717, 1.165) is 40.9 Å². The van der Waals surface area contributed by atoms with Crippen molar-refractivity contribution in [2.24, 2.45) is 12.1 Å². The molecule has 1 aliphatic rings. The highest BCUT2D eigenvalue weighted by molar-refractivity contribution is 5.99. The van der Waals surface area contributed by atoms with Gasteiger partial charge in [-0.1, -0.05) is 36.4 Å². The smallest absolute Gasteiger partial charge is 0.229 e. The summed E-state index contributed by atoms with van der Waals surface area (Å²) in [6, 6.07) is 18.3. The molecule has 0 spiro atoms. The van der Waals surface area contributed by atoms with Crippen molar-refractivity contribution in [1.82, 2.24) is 24.1 Å². The van der Waals surface area contributed by atoms with E-state index in [9.17, 15) is 0 Å². The van der Waals surface area contributed by atoms with Crippen molar-refractivity contribution >= 4 is 40.0 Å². The molecule has 0 unspecified atom stereocenters. The number of nitrogens with zero attached hydrogens (tertiary/aromatic N) is 7. The number of morpholine rings is 1. The van der Waals surface area contributed by atoms with E-state index in [1.165, 1.54) is 0 Å². The van der Waals surface area contributed by atoms with Crippen molar-refractivity contribution in [2.45, 2.75) is 0 Å². The van der Waals surface area contributed by atoms with Gasteiger partial charge >= 0.3 is 0 Å². The zero-order valence-corrected chi connectivity index (χ0v) is 18.8. The lowest BCUT2D eigenvalue weighted by atomic mass is 10.2. The number of imidazole rings is 1. The summed E-state index contributed by atoms with van der Waals surface area (Å²) in [6.07, 6.45) is 5.66. The SMILES string of the molecule is Cn1cc(/C=N/Nc2nc(N3CCOCC3)nc3c2ncn3-c2ccccc2)c2ccccc21. The number of anilines is 2. The molecule has 3 aromatic heterocycles. The molecular weight excluding hydrogens is 428 g/mol. The summed E-state index contributed by atoms with van der Waals surface area (Å²) in [6.45, 7) is 2.79. The second kappa shape index (κ2) is 8.60. The summed E-state index contributed by atoms with van der Waals surface area (Å²) in [5, 5.41) is 5.67. The van der Waals surface area contributed by atoms with Gasteiger partial charge in [-0.15, -0.1) is 0 Å². The maximum atomic E-state index is 5.51. The molecule has 0 amide bonds. The van der Waals surface area contributed by atoms with Crippen molar-refractivity contribution in [3.05, 3.63) is 72.7 Å². The first-order valence-corrected chi connectivity index (χ1v) is 11.2. The maximum absolute atomic E-state index is 5.51. The minimum Gasteiger partial charge on any atom is -0.378 e. The second-order valence-corrected chi connectivity index (χ2v) is 8.18. The summed E-state index contributed by atoms with van der Waals surface area (Å²) in [5.74, 6) is 1.20. The number of rotatable bonds is 5.